The minimum Gasteiger partial charge on any atom is -0.291 e. The molecule has 0 saturated carbocycles. The van der Waals surface area contributed by atoms with Crippen molar-refractivity contribution in [3.8, 4) is 11.3 Å². The van der Waals surface area contributed by atoms with Gasteiger partial charge in [-0.15, -0.1) is 11.3 Å². The maximum Gasteiger partial charge on any atom is 0.242 e. The van der Waals surface area contributed by atoms with Crippen LogP contribution in [0, 0.1) is 41.5 Å². The summed E-state index contributed by atoms with van der Waals surface area (Å²) in [6.07, 6.45) is 0. The molecule has 0 radical (unpaired) electrons. The number of fused-ring (bicyclic) bond motifs is 8. The Kier molecular flexibility index (Phi) is 6.83. The molecule has 9 rings (SSSR count). The average Bonchev–Trinajstić information content (AvgIpc) is 3.64. The number of para-hydroxylation sites is 2. The van der Waals surface area contributed by atoms with Crippen LogP contribution in [-0.4, -0.2) is 16.1 Å². The lowest BCUT2D eigenvalue weighted by atomic mass is 9.34. The molecule has 0 fully saturated rings. The lowest BCUT2D eigenvalue weighted by Gasteiger charge is -2.25. The van der Waals surface area contributed by atoms with Gasteiger partial charge >= 0.3 is 0 Å². The predicted molar refractivity (Wildman–Crippen MR) is 214 cm³/mol. The summed E-state index contributed by atoms with van der Waals surface area (Å²) in [5.74, 6) is 0. The van der Waals surface area contributed by atoms with E-state index >= 15 is 0 Å². The molecule has 0 aliphatic carbocycles. The SMILES string of the molecule is Cc1cc(C)c(B(c2ccc(-c3cc4c5cc6ccccc6cc5sc4c4nc5ccccc5n34)cc2)c2c(C)cc(C)cc2C)c(C)c1. The highest BCUT2D eigenvalue weighted by atomic mass is 32.1. The fourth-order valence-electron chi connectivity index (χ4n) is 8.56. The standard InChI is InChI=1S/C45H37BN2S/c1-26-19-28(3)42(29(4)20-26)46(43-30(5)21-27(2)22-31(43)6)35-17-15-32(16-18-35)40-25-37-36-23-33-11-7-8-12-34(33)24-41(36)49-44(37)45-47-38-13-9-10-14-39(38)48(40)45/h7-25H,1-6H3. The molecular weight excluding hydrogens is 611 g/mol. The van der Waals surface area contributed by atoms with E-state index in [1.165, 1.54) is 86.3 Å². The van der Waals surface area contributed by atoms with E-state index < -0.39 is 0 Å². The molecule has 3 heterocycles. The summed E-state index contributed by atoms with van der Waals surface area (Å²) < 4.78 is 4.91. The molecule has 0 spiro atoms. The average molecular weight is 649 g/mol. The molecule has 6 aromatic carbocycles. The molecule has 0 unspecified atom stereocenters. The lowest BCUT2D eigenvalue weighted by molar-refractivity contribution is 1.25. The Bertz CT molecular complexity index is 2680. The molecule has 0 aliphatic rings. The molecular formula is C45H37BN2S. The summed E-state index contributed by atoms with van der Waals surface area (Å²) in [6, 6.07) is 43.1. The van der Waals surface area contributed by atoms with Gasteiger partial charge in [-0.25, -0.2) is 4.98 Å². The minimum atomic E-state index is 0.140. The first-order valence-corrected chi connectivity index (χ1v) is 18.0. The minimum absolute atomic E-state index is 0.140. The van der Waals surface area contributed by atoms with Crippen molar-refractivity contribution in [2.75, 3.05) is 0 Å². The van der Waals surface area contributed by atoms with Crippen molar-refractivity contribution >= 4 is 82.1 Å². The van der Waals surface area contributed by atoms with E-state index in [0.29, 0.717) is 0 Å². The Balaban J connectivity index is 1.29. The second-order valence-corrected chi connectivity index (χ2v) is 15.1. The number of aryl methyl sites for hydroxylation is 6. The van der Waals surface area contributed by atoms with Gasteiger partial charge in [0, 0.05) is 15.5 Å². The molecule has 4 heteroatoms. The third-order valence-corrected chi connectivity index (χ3v) is 11.6. The fraction of sp³-hybridized carbons (Fsp3) is 0.133. The predicted octanol–water partition coefficient (Wildman–Crippen LogP) is 10.0. The van der Waals surface area contributed by atoms with Crippen LogP contribution in [0.1, 0.15) is 33.4 Å². The van der Waals surface area contributed by atoms with E-state index in [2.05, 4.69) is 161 Å². The summed E-state index contributed by atoms with van der Waals surface area (Å²) in [6.45, 7) is 13.7. The van der Waals surface area contributed by atoms with E-state index in [1.54, 1.807) is 0 Å². The summed E-state index contributed by atoms with van der Waals surface area (Å²) in [5.41, 5.74) is 17.7. The normalized spacial score (nSPS) is 11.9. The number of aromatic nitrogens is 2. The number of benzene rings is 6. The van der Waals surface area contributed by atoms with Crippen molar-refractivity contribution in [1.82, 2.24) is 9.38 Å². The smallest absolute Gasteiger partial charge is 0.242 e. The van der Waals surface area contributed by atoms with Gasteiger partial charge in [-0.05, 0) is 88.2 Å². The van der Waals surface area contributed by atoms with Crippen molar-refractivity contribution in [2.24, 2.45) is 0 Å². The van der Waals surface area contributed by atoms with Crippen molar-refractivity contribution in [3.63, 3.8) is 0 Å². The van der Waals surface area contributed by atoms with Crippen LogP contribution in [0.2, 0.25) is 0 Å². The molecule has 9 aromatic rings. The van der Waals surface area contributed by atoms with Crippen LogP contribution in [0.5, 0.6) is 0 Å². The van der Waals surface area contributed by atoms with E-state index in [0.717, 1.165) is 22.4 Å². The zero-order valence-electron chi connectivity index (χ0n) is 28.8. The van der Waals surface area contributed by atoms with Gasteiger partial charge in [0.15, 0.2) is 5.65 Å². The molecule has 236 valence electrons. The first-order valence-electron chi connectivity index (χ1n) is 17.2. The van der Waals surface area contributed by atoms with Crippen molar-refractivity contribution in [1.29, 1.82) is 0 Å². The van der Waals surface area contributed by atoms with Crippen LogP contribution in [0.3, 0.4) is 0 Å². The number of hydrogen-bond acceptors (Lipinski definition) is 2. The number of hydrogen-bond donors (Lipinski definition) is 0. The van der Waals surface area contributed by atoms with Crippen LogP contribution in [0.25, 0.3) is 58.9 Å². The maximum atomic E-state index is 5.25. The number of nitrogens with zero attached hydrogens (tertiary/aromatic N) is 2. The van der Waals surface area contributed by atoms with Crippen LogP contribution < -0.4 is 16.4 Å². The fourth-order valence-corrected chi connectivity index (χ4v) is 9.76. The van der Waals surface area contributed by atoms with E-state index in [-0.39, 0.29) is 6.71 Å². The molecule has 0 N–H and O–H groups in total. The monoisotopic (exact) mass is 648 g/mol. The van der Waals surface area contributed by atoms with Gasteiger partial charge in [-0.3, -0.25) is 4.40 Å². The van der Waals surface area contributed by atoms with Crippen LogP contribution >= 0.6 is 11.3 Å². The Morgan fingerprint density at radius 1 is 0.571 bits per heavy atom. The number of imidazole rings is 1. The van der Waals surface area contributed by atoms with Gasteiger partial charge in [0.25, 0.3) is 0 Å². The van der Waals surface area contributed by atoms with Gasteiger partial charge in [-0.1, -0.05) is 135 Å². The van der Waals surface area contributed by atoms with Gasteiger partial charge in [0.1, 0.15) is 0 Å². The molecule has 0 bridgehead atoms. The number of thiophene rings is 1. The zero-order valence-corrected chi connectivity index (χ0v) is 29.7. The first-order chi connectivity index (χ1) is 23.7. The van der Waals surface area contributed by atoms with Crippen LogP contribution in [0.15, 0.2) is 115 Å². The van der Waals surface area contributed by atoms with Crippen LogP contribution in [-0.2, 0) is 0 Å². The highest BCUT2D eigenvalue weighted by Crippen LogP contribution is 2.41. The Hall–Kier alpha value is -5.19. The number of pyridine rings is 1. The van der Waals surface area contributed by atoms with Gasteiger partial charge < -0.3 is 0 Å². The first kappa shape index (κ1) is 29.9. The summed E-state index contributed by atoms with van der Waals surface area (Å²) in [7, 11) is 0. The Labute approximate surface area is 291 Å². The summed E-state index contributed by atoms with van der Waals surface area (Å²) in [4.78, 5) is 5.25. The van der Waals surface area contributed by atoms with E-state index in [9.17, 15) is 0 Å². The second kappa shape index (κ2) is 11.2. The summed E-state index contributed by atoms with van der Waals surface area (Å²) in [5, 5.41) is 5.10. The molecule has 3 aromatic heterocycles. The van der Waals surface area contributed by atoms with Gasteiger partial charge in [0.05, 0.1) is 21.4 Å². The van der Waals surface area contributed by atoms with Crippen molar-refractivity contribution in [2.45, 2.75) is 41.5 Å². The molecule has 2 nitrogen and oxygen atoms in total. The number of rotatable bonds is 4. The Morgan fingerprint density at radius 3 is 1.78 bits per heavy atom. The molecule has 0 saturated heterocycles. The third kappa shape index (κ3) is 4.73. The largest absolute Gasteiger partial charge is 0.291 e. The van der Waals surface area contributed by atoms with Gasteiger partial charge in [-0.2, -0.15) is 0 Å². The molecule has 49 heavy (non-hydrogen) atoms. The maximum absolute atomic E-state index is 5.25. The summed E-state index contributed by atoms with van der Waals surface area (Å²) >= 11 is 1.85. The van der Waals surface area contributed by atoms with E-state index in [4.69, 9.17) is 4.98 Å². The topological polar surface area (TPSA) is 17.3 Å². The van der Waals surface area contributed by atoms with Gasteiger partial charge in [0.2, 0.25) is 6.71 Å². The van der Waals surface area contributed by atoms with Crippen molar-refractivity contribution < 1.29 is 0 Å². The highest BCUT2D eigenvalue weighted by molar-refractivity contribution is 7.26. The van der Waals surface area contributed by atoms with E-state index in [1.807, 2.05) is 11.3 Å². The highest BCUT2D eigenvalue weighted by Gasteiger charge is 2.28. The van der Waals surface area contributed by atoms with Crippen molar-refractivity contribution in [3.05, 3.63) is 149 Å². The zero-order chi connectivity index (χ0) is 33.6. The molecule has 0 atom stereocenters. The van der Waals surface area contributed by atoms with Crippen LogP contribution in [0.4, 0.5) is 0 Å². The molecule has 0 aliphatic heterocycles. The quantitative estimate of drug-likeness (QED) is 0.174. The Morgan fingerprint density at radius 2 is 1.14 bits per heavy atom. The second-order valence-electron chi connectivity index (χ2n) is 14.0. The molecule has 0 amide bonds. The lowest BCUT2D eigenvalue weighted by Crippen LogP contribution is -2.55. The third-order valence-electron chi connectivity index (χ3n) is 10.5.